The first kappa shape index (κ1) is 15.5. The van der Waals surface area contributed by atoms with Gasteiger partial charge in [-0.15, -0.1) is 0 Å². The predicted octanol–water partition coefficient (Wildman–Crippen LogP) is 3.35. The van der Waals surface area contributed by atoms with Gasteiger partial charge in [0.05, 0.1) is 5.92 Å². The van der Waals surface area contributed by atoms with Crippen LogP contribution in [0.3, 0.4) is 0 Å². The van der Waals surface area contributed by atoms with E-state index < -0.39 is 0 Å². The Morgan fingerprint density at radius 2 is 1.91 bits per heavy atom. The summed E-state index contributed by atoms with van der Waals surface area (Å²) in [5.41, 5.74) is 7.39. The minimum atomic E-state index is -0.344. The van der Waals surface area contributed by atoms with Crippen LogP contribution in [0, 0.1) is 5.92 Å². The van der Waals surface area contributed by atoms with Gasteiger partial charge in [0.2, 0.25) is 5.91 Å². The fourth-order valence-electron chi connectivity index (χ4n) is 4.30. The summed E-state index contributed by atoms with van der Waals surface area (Å²) < 4.78 is 0. The van der Waals surface area contributed by atoms with Gasteiger partial charge in [0.1, 0.15) is 0 Å². The van der Waals surface area contributed by atoms with Crippen LogP contribution in [0.4, 0.5) is 0 Å². The topological polar surface area (TPSA) is 55.1 Å². The van der Waals surface area contributed by atoms with Crippen molar-refractivity contribution in [3.05, 3.63) is 35.9 Å². The SMILES string of the molecule is CC1(N)CCCCC1C(=O)NC1CCCC1c1ccccc1. The molecule has 1 amide bonds. The molecule has 1 aromatic carbocycles. The number of nitrogens with one attached hydrogen (secondary N) is 1. The van der Waals surface area contributed by atoms with Crippen LogP contribution in [0.1, 0.15) is 63.4 Å². The normalized spacial score (nSPS) is 35.3. The van der Waals surface area contributed by atoms with Gasteiger partial charge in [0.15, 0.2) is 0 Å². The third kappa shape index (κ3) is 3.19. The van der Waals surface area contributed by atoms with Crippen molar-refractivity contribution in [2.24, 2.45) is 11.7 Å². The number of carbonyl (C=O) groups excluding carboxylic acids is 1. The van der Waals surface area contributed by atoms with Crippen molar-refractivity contribution >= 4 is 5.91 Å². The fraction of sp³-hybridized carbons (Fsp3) is 0.632. The van der Waals surface area contributed by atoms with Crippen molar-refractivity contribution in [2.75, 3.05) is 0 Å². The van der Waals surface area contributed by atoms with E-state index in [0.717, 1.165) is 32.1 Å². The van der Waals surface area contributed by atoms with Gasteiger partial charge < -0.3 is 11.1 Å². The molecule has 0 aromatic heterocycles. The average Bonchev–Trinajstić information content (AvgIpc) is 2.95. The van der Waals surface area contributed by atoms with Crippen LogP contribution in [0.2, 0.25) is 0 Å². The maximum atomic E-state index is 12.8. The molecule has 1 aromatic rings. The van der Waals surface area contributed by atoms with Crippen LogP contribution in [0.5, 0.6) is 0 Å². The highest BCUT2D eigenvalue weighted by Crippen LogP contribution is 2.36. The minimum absolute atomic E-state index is 0.0294. The van der Waals surface area contributed by atoms with E-state index in [-0.39, 0.29) is 23.4 Å². The predicted molar refractivity (Wildman–Crippen MR) is 89.5 cm³/mol. The summed E-state index contributed by atoms with van der Waals surface area (Å²) in [6, 6.07) is 10.9. The minimum Gasteiger partial charge on any atom is -0.352 e. The van der Waals surface area contributed by atoms with Crippen molar-refractivity contribution in [1.82, 2.24) is 5.32 Å². The van der Waals surface area contributed by atoms with Gasteiger partial charge in [-0.05, 0) is 38.2 Å². The van der Waals surface area contributed by atoms with Gasteiger partial charge in [-0.25, -0.2) is 0 Å². The Kier molecular flexibility index (Phi) is 4.53. The second kappa shape index (κ2) is 6.41. The van der Waals surface area contributed by atoms with Gasteiger partial charge in [0.25, 0.3) is 0 Å². The lowest BCUT2D eigenvalue weighted by molar-refractivity contribution is -0.128. The van der Waals surface area contributed by atoms with E-state index in [1.807, 2.05) is 13.0 Å². The number of nitrogens with two attached hydrogens (primary N) is 1. The molecule has 0 aliphatic heterocycles. The Morgan fingerprint density at radius 1 is 1.14 bits per heavy atom. The zero-order chi connectivity index (χ0) is 15.6. The number of carbonyl (C=O) groups is 1. The number of benzene rings is 1. The summed E-state index contributed by atoms with van der Waals surface area (Å²) in [6.45, 7) is 2.04. The Hall–Kier alpha value is -1.35. The van der Waals surface area contributed by atoms with Gasteiger partial charge in [0, 0.05) is 17.5 Å². The molecule has 3 N–H and O–H groups in total. The highest BCUT2D eigenvalue weighted by molar-refractivity contribution is 5.80. The molecular formula is C19H28N2O. The molecule has 2 fully saturated rings. The van der Waals surface area contributed by atoms with Crippen molar-refractivity contribution in [1.29, 1.82) is 0 Å². The lowest BCUT2D eigenvalue weighted by Gasteiger charge is -2.38. The van der Waals surface area contributed by atoms with E-state index in [4.69, 9.17) is 5.73 Å². The Labute approximate surface area is 133 Å². The monoisotopic (exact) mass is 300 g/mol. The first-order chi connectivity index (χ1) is 10.6. The Balaban J connectivity index is 1.68. The van der Waals surface area contributed by atoms with Gasteiger partial charge in [-0.1, -0.05) is 49.6 Å². The van der Waals surface area contributed by atoms with Crippen LogP contribution < -0.4 is 11.1 Å². The first-order valence-corrected chi connectivity index (χ1v) is 8.72. The lowest BCUT2D eigenvalue weighted by atomic mass is 9.74. The molecule has 2 aliphatic carbocycles. The molecule has 0 spiro atoms. The lowest BCUT2D eigenvalue weighted by Crippen LogP contribution is -2.54. The molecule has 2 saturated carbocycles. The molecule has 4 atom stereocenters. The third-order valence-electron chi connectivity index (χ3n) is 5.64. The average molecular weight is 300 g/mol. The first-order valence-electron chi connectivity index (χ1n) is 8.72. The number of hydrogen-bond acceptors (Lipinski definition) is 2. The molecule has 120 valence electrons. The van der Waals surface area contributed by atoms with Crippen molar-refractivity contribution in [3.63, 3.8) is 0 Å². The number of amides is 1. The summed E-state index contributed by atoms with van der Waals surface area (Å²) in [6.07, 6.45) is 7.60. The van der Waals surface area contributed by atoms with Gasteiger partial charge in [-0.2, -0.15) is 0 Å². The van der Waals surface area contributed by atoms with Crippen molar-refractivity contribution in [2.45, 2.75) is 69.4 Å². The smallest absolute Gasteiger partial charge is 0.225 e. The summed E-state index contributed by atoms with van der Waals surface area (Å²) in [5.74, 6) is 0.605. The number of hydrogen-bond donors (Lipinski definition) is 2. The fourth-order valence-corrected chi connectivity index (χ4v) is 4.30. The molecule has 22 heavy (non-hydrogen) atoms. The van der Waals surface area contributed by atoms with Crippen molar-refractivity contribution < 1.29 is 4.79 Å². The maximum Gasteiger partial charge on any atom is 0.225 e. The van der Waals surface area contributed by atoms with E-state index in [0.29, 0.717) is 5.92 Å². The molecule has 2 aliphatic rings. The quantitative estimate of drug-likeness (QED) is 0.899. The molecule has 4 unspecified atom stereocenters. The summed E-state index contributed by atoms with van der Waals surface area (Å²) in [7, 11) is 0. The second-order valence-electron chi connectivity index (χ2n) is 7.37. The zero-order valence-corrected chi connectivity index (χ0v) is 13.6. The molecule has 0 bridgehead atoms. The van der Waals surface area contributed by atoms with Crippen LogP contribution in [0.25, 0.3) is 0 Å². The molecule has 3 nitrogen and oxygen atoms in total. The van der Waals surface area contributed by atoms with Crippen LogP contribution >= 0.6 is 0 Å². The van der Waals surface area contributed by atoms with E-state index in [9.17, 15) is 4.79 Å². The van der Waals surface area contributed by atoms with Crippen molar-refractivity contribution in [3.8, 4) is 0 Å². The molecule has 3 rings (SSSR count). The van der Waals surface area contributed by atoms with E-state index >= 15 is 0 Å². The molecule has 0 heterocycles. The zero-order valence-electron chi connectivity index (χ0n) is 13.6. The third-order valence-corrected chi connectivity index (χ3v) is 5.64. The molecule has 3 heteroatoms. The molecule has 0 saturated heterocycles. The van der Waals surface area contributed by atoms with E-state index in [1.165, 1.54) is 18.4 Å². The summed E-state index contributed by atoms with van der Waals surface area (Å²) >= 11 is 0. The standard InChI is InChI=1S/C19H28N2O/c1-19(20)13-6-5-11-16(19)18(22)21-17-12-7-10-15(17)14-8-3-2-4-9-14/h2-4,8-9,15-17H,5-7,10-13,20H2,1H3,(H,21,22). The highest BCUT2D eigenvalue weighted by Gasteiger charge is 2.39. The van der Waals surface area contributed by atoms with Gasteiger partial charge >= 0.3 is 0 Å². The highest BCUT2D eigenvalue weighted by atomic mass is 16.2. The van der Waals surface area contributed by atoms with Crippen LogP contribution in [0.15, 0.2) is 30.3 Å². The Bertz CT molecular complexity index is 511. The molecule has 0 radical (unpaired) electrons. The largest absolute Gasteiger partial charge is 0.352 e. The summed E-state index contributed by atoms with van der Waals surface area (Å²) in [4.78, 5) is 12.8. The molecular weight excluding hydrogens is 272 g/mol. The second-order valence-corrected chi connectivity index (χ2v) is 7.37. The van der Waals surface area contributed by atoms with E-state index in [2.05, 4.69) is 29.6 Å². The van der Waals surface area contributed by atoms with Gasteiger partial charge in [-0.3, -0.25) is 4.79 Å². The van der Waals surface area contributed by atoms with Crippen LogP contribution in [-0.2, 0) is 4.79 Å². The van der Waals surface area contributed by atoms with E-state index in [1.54, 1.807) is 0 Å². The Morgan fingerprint density at radius 3 is 2.64 bits per heavy atom. The maximum absolute atomic E-state index is 12.8. The van der Waals surface area contributed by atoms with Crippen LogP contribution in [-0.4, -0.2) is 17.5 Å². The number of rotatable bonds is 3. The summed E-state index contributed by atoms with van der Waals surface area (Å²) in [5, 5.41) is 3.33.